The van der Waals surface area contributed by atoms with Crippen molar-refractivity contribution >= 4 is 0 Å². The second-order valence-corrected chi connectivity index (χ2v) is 2.81. The highest BCUT2D eigenvalue weighted by atomic mass is 16.5. The van der Waals surface area contributed by atoms with Crippen molar-refractivity contribution in [3.05, 3.63) is 0 Å². The topological polar surface area (TPSA) is 12.5 Å². The molecule has 0 spiro atoms. The van der Waals surface area contributed by atoms with Gasteiger partial charge in [-0.3, -0.25) is 0 Å². The third-order valence-corrected chi connectivity index (χ3v) is 1.85. The van der Waals surface area contributed by atoms with Crippen LogP contribution in [0.5, 0.6) is 0 Å². The molecule has 0 bridgehead atoms. The van der Waals surface area contributed by atoms with E-state index in [1.54, 1.807) is 0 Å². The van der Waals surface area contributed by atoms with Gasteiger partial charge in [0, 0.05) is 19.7 Å². The summed E-state index contributed by atoms with van der Waals surface area (Å²) in [7, 11) is 0. The SMILES string of the molecule is CCCN1CCCOCC1. The first-order chi connectivity index (χ1) is 4.93. The van der Waals surface area contributed by atoms with Crippen molar-refractivity contribution in [1.82, 2.24) is 4.90 Å². The molecule has 2 heteroatoms. The Bertz CT molecular complexity index is 77.3. The van der Waals surface area contributed by atoms with Gasteiger partial charge in [0.1, 0.15) is 0 Å². The smallest absolute Gasteiger partial charge is 0.0593 e. The molecule has 2 nitrogen and oxygen atoms in total. The molecule has 60 valence electrons. The summed E-state index contributed by atoms with van der Waals surface area (Å²) in [5, 5.41) is 0. The Kier molecular flexibility index (Phi) is 3.76. The van der Waals surface area contributed by atoms with E-state index in [2.05, 4.69) is 11.8 Å². The molecular formula is C8H17NO. The van der Waals surface area contributed by atoms with E-state index in [-0.39, 0.29) is 0 Å². The van der Waals surface area contributed by atoms with Crippen molar-refractivity contribution in [3.63, 3.8) is 0 Å². The van der Waals surface area contributed by atoms with Gasteiger partial charge >= 0.3 is 0 Å². The van der Waals surface area contributed by atoms with E-state index >= 15 is 0 Å². The van der Waals surface area contributed by atoms with Crippen LogP contribution in [-0.2, 0) is 4.74 Å². The third kappa shape index (κ3) is 2.67. The van der Waals surface area contributed by atoms with E-state index in [4.69, 9.17) is 4.74 Å². The summed E-state index contributed by atoms with van der Waals surface area (Å²) >= 11 is 0. The number of rotatable bonds is 2. The minimum Gasteiger partial charge on any atom is -0.380 e. The normalized spacial score (nSPS) is 22.5. The molecule has 1 aliphatic heterocycles. The molecule has 1 aliphatic rings. The molecule has 0 radical (unpaired) electrons. The number of hydrogen-bond donors (Lipinski definition) is 0. The molecule has 0 amide bonds. The highest BCUT2D eigenvalue weighted by molar-refractivity contribution is 4.59. The van der Waals surface area contributed by atoms with Crippen molar-refractivity contribution in [2.75, 3.05) is 32.8 Å². The van der Waals surface area contributed by atoms with Crippen LogP contribution in [0.2, 0.25) is 0 Å². The van der Waals surface area contributed by atoms with E-state index in [9.17, 15) is 0 Å². The van der Waals surface area contributed by atoms with Gasteiger partial charge in [0.05, 0.1) is 6.61 Å². The quantitative estimate of drug-likeness (QED) is 0.574. The van der Waals surface area contributed by atoms with E-state index in [1.807, 2.05) is 0 Å². The Hall–Kier alpha value is -0.0800. The monoisotopic (exact) mass is 143 g/mol. The van der Waals surface area contributed by atoms with Gasteiger partial charge in [0.25, 0.3) is 0 Å². The van der Waals surface area contributed by atoms with Crippen molar-refractivity contribution in [3.8, 4) is 0 Å². The fourth-order valence-corrected chi connectivity index (χ4v) is 1.34. The average molecular weight is 143 g/mol. The summed E-state index contributed by atoms with van der Waals surface area (Å²) < 4.78 is 5.33. The lowest BCUT2D eigenvalue weighted by Gasteiger charge is -2.16. The standard InChI is InChI=1S/C8H17NO/c1-2-4-9-5-3-7-10-8-6-9/h2-8H2,1H3. The zero-order valence-electron chi connectivity index (χ0n) is 6.81. The Morgan fingerprint density at radius 3 is 3.00 bits per heavy atom. The fraction of sp³-hybridized carbons (Fsp3) is 1.00. The first kappa shape index (κ1) is 8.02. The molecule has 0 unspecified atom stereocenters. The zero-order valence-corrected chi connectivity index (χ0v) is 6.81. The molecule has 1 rings (SSSR count). The van der Waals surface area contributed by atoms with E-state index < -0.39 is 0 Å². The van der Waals surface area contributed by atoms with Gasteiger partial charge in [-0.2, -0.15) is 0 Å². The lowest BCUT2D eigenvalue weighted by Crippen LogP contribution is -2.26. The molecule has 0 saturated carbocycles. The van der Waals surface area contributed by atoms with Crippen molar-refractivity contribution < 1.29 is 4.74 Å². The summed E-state index contributed by atoms with van der Waals surface area (Å²) in [6.07, 6.45) is 2.47. The van der Waals surface area contributed by atoms with E-state index in [1.165, 1.54) is 25.9 Å². The van der Waals surface area contributed by atoms with Gasteiger partial charge in [-0.1, -0.05) is 6.92 Å². The van der Waals surface area contributed by atoms with Crippen molar-refractivity contribution in [1.29, 1.82) is 0 Å². The highest BCUT2D eigenvalue weighted by Gasteiger charge is 2.06. The average Bonchev–Trinajstić information content (AvgIpc) is 2.17. The second-order valence-electron chi connectivity index (χ2n) is 2.81. The van der Waals surface area contributed by atoms with Crippen LogP contribution in [0, 0.1) is 0 Å². The molecular weight excluding hydrogens is 126 g/mol. The van der Waals surface area contributed by atoms with Crippen LogP contribution in [0.3, 0.4) is 0 Å². The number of ether oxygens (including phenoxy) is 1. The maximum Gasteiger partial charge on any atom is 0.0593 e. The zero-order chi connectivity index (χ0) is 7.23. The Labute approximate surface area is 63.2 Å². The van der Waals surface area contributed by atoms with Gasteiger partial charge in [-0.15, -0.1) is 0 Å². The minimum absolute atomic E-state index is 0.931. The molecule has 10 heavy (non-hydrogen) atoms. The third-order valence-electron chi connectivity index (χ3n) is 1.85. The van der Waals surface area contributed by atoms with Gasteiger partial charge in [-0.05, 0) is 19.4 Å². The minimum atomic E-state index is 0.931. The first-order valence-corrected chi connectivity index (χ1v) is 4.23. The Morgan fingerprint density at radius 1 is 1.30 bits per heavy atom. The van der Waals surface area contributed by atoms with Crippen LogP contribution in [-0.4, -0.2) is 37.7 Å². The van der Waals surface area contributed by atoms with Gasteiger partial charge < -0.3 is 9.64 Å². The summed E-state index contributed by atoms with van der Waals surface area (Å²) in [6.45, 7) is 7.72. The summed E-state index contributed by atoms with van der Waals surface area (Å²) in [4.78, 5) is 2.48. The molecule has 0 atom stereocenters. The lowest BCUT2D eigenvalue weighted by atomic mass is 10.3. The van der Waals surface area contributed by atoms with Crippen LogP contribution >= 0.6 is 0 Å². The molecule has 1 saturated heterocycles. The molecule has 0 N–H and O–H groups in total. The van der Waals surface area contributed by atoms with Gasteiger partial charge in [0.2, 0.25) is 0 Å². The fourth-order valence-electron chi connectivity index (χ4n) is 1.34. The predicted octanol–water partition coefficient (Wildman–Crippen LogP) is 1.12. The molecule has 1 heterocycles. The number of hydrogen-bond acceptors (Lipinski definition) is 2. The molecule has 0 aromatic carbocycles. The van der Waals surface area contributed by atoms with Crippen LogP contribution in [0.25, 0.3) is 0 Å². The summed E-state index contributed by atoms with van der Waals surface area (Å²) in [5.41, 5.74) is 0. The molecule has 0 aliphatic carbocycles. The predicted molar refractivity (Wildman–Crippen MR) is 42.2 cm³/mol. The molecule has 0 aromatic heterocycles. The Morgan fingerprint density at radius 2 is 2.20 bits per heavy atom. The van der Waals surface area contributed by atoms with Crippen LogP contribution in [0.1, 0.15) is 19.8 Å². The maximum absolute atomic E-state index is 5.33. The van der Waals surface area contributed by atoms with E-state index in [0.29, 0.717) is 0 Å². The summed E-state index contributed by atoms with van der Waals surface area (Å²) in [6, 6.07) is 0. The van der Waals surface area contributed by atoms with Gasteiger partial charge in [0.15, 0.2) is 0 Å². The second kappa shape index (κ2) is 4.69. The van der Waals surface area contributed by atoms with Crippen LogP contribution in [0.4, 0.5) is 0 Å². The molecule has 0 aromatic rings. The van der Waals surface area contributed by atoms with Crippen LogP contribution < -0.4 is 0 Å². The Balaban J connectivity index is 2.15. The van der Waals surface area contributed by atoms with Crippen LogP contribution in [0.15, 0.2) is 0 Å². The lowest BCUT2D eigenvalue weighted by molar-refractivity contribution is 0.141. The van der Waals surface area contributed by atoms with Gasteiger partial charge in [-0.25, -0.2) is 0 Å². The largest absolute Gasteiger partial charge is 0.380 e. The first-order valence-electron chi connectivity index (χ1n) is 4.23. The molecule has 1 fully saturated rings. The number of nitrogens with zero attached hydrogens (tertiary/aromatic N) is 1. The highest BCUT2D eigenvalue weighted by Crippen LogP contribution is 1.98. The van der Waals surface area contributed by atoms with Crippen molar-refractivity contribution in [2.45, 2.75) is 19.8 Å². The van der Waals surface area contributed by atoms with E-state index in [0.717, 1.165) is 19.8 Å². The van der Waals surface area contributed by atoms with Crippen molar-refractivity contribution in [2.24, 2.45) is 0 Å². The summed E-state index contributed by atoms with van der Waals surface area (Å²) in [5.74, 6) is 0. The maximum atomic E-state index is 5.33.